The fraction of sp³-hybridized carbons (Fsp3) is 0.579. The van der Waals surface area contributed by atoms with Gasteiger partial charge in [0.25, 0.3) is 0 Å². The normalized spacial score (nSPS) is 20.7. The third kappa shape index (κ3) is 4.79. The minimum atomic E-state index is -0.753. The predicted molar refractivity (Wildman–Crippen MR) is 86.3 cm³/mol. The smallest absolute Gasteiger partial charge is 0.314 e. The lowest BCUT2D eigenvalue weighted by molar-refractivity contribution is -0.140. The molecule has 0 bridgehead atoms. The number of nitriles is 1. The van der Waals surface area contributed by atoms with E-state index in [1.807, 2.05) is 0 Å². The van der Waals surface area contributed by atoms with Crippen molar-refractivity contribution in [1.82, 2.24) is 0 Å². The minimum Gasteiger partial charge on any atom is -0.423 e. The molecule has 0 saturated heterocycles. The average Bonchev–Trinajstić information content (AvgIpc) is 2.57. The Balaban J connectivity index is 1.85. The molecule has 2 rings (SSSR count). The quantitative estimate of drug-likeness (QED) is 0.422. The summed E-state index contributed by atoms with van der Waals surface area (Å²) in [4.78, 5) is 12.2. The molecule has 0 radical (unpaired) electrons. The molecule has 0 N–H and O–H groups in total. The topological polar surface area (TPSA) is 50.1 Å². The maximum absolute atomic E-state index is 13.9. The summed E-state index contributed by atoms with van der Waals surface area (Å²) in [7, 11) is 0. The number of rotatable bonds is 6. The monoisotopic (exact) mass is 317 g/mol. The summed E-state index contributed by atoms with van der Waals surface area (Å²) in [6, 6.07) is 6.04. The second-order valence-electron chi connectivity index (χ2n) is 6.36. The van der Waals surface area contributed by atoms with E-state index in [4.69, 9.17) is 10.00 Å². The van der Waals surface area contributed by atoms with Gasteiger partial charge in [-0.2, -0.15) is 5.26 Å². The van der Waals surface area contributed by atoms with Crippen molar-refractivity contribution in [3.63, 3.8) is 0 Å². The van der Waals surface area contributed by atoms with Crippen molar-refractivity contribution in [2.75, 3.05) is 0 Å². The van der Waals surface area contributed by atoms with Crippen LogP contribution in [0.15, 0.2) is 18.2 Å². The lowest BCUT2D eigenvalue weighted by atomic mass is 9.80. The summed E-state index contributed by atoms with van der Waals surface area (Å²) in [5.41, 5.74) is -0.102. The molecule has 0 heterocycles. The minimum absolute atomic E-state index is 0.102. The van der Waals surface area contributed by atoms with Gasteiger partial charge in [0, 0.05) is 0 Å². The first-order chi connectivity index (χ1) is 11.2. The molecular weight excluding hydrogens is 293 g/mol. The van der Waals surface area contributed by atoms with Crippen LogP contribution in [0.3, 0.4) is 0 Å². The number of unbranched alkanes of at least 4 members (excludes halogenated alkanes) is 2. The molecule has 1 aromatic rings. The van der Waals surface area contributed by atoms with Crippen LogP contribution in [0.1, 0.15) is 63.9 Å². The molecule has 0 atom stereocenters. The van der Waals surface area contributed by atoms with Gasteiger partial charge < -0.3 is 4.74 Å². The van der Waals surface area contributed by atoms with E-state index < -0.39 is 5.82 Å². The van der Waals surface area contributed by atoms with E-state index in [0.29, 0.717) is 5.92 Å². The van der Waals surface area contributed by atoms with E-state index in [2.05, 4.69) is 6.92 Å². The molecule has 1 fully saturated rings. The SMILES string of the molecule is CCCCCC1CCC(C(=O)Oc2cccc(C#N)c2F)CC1. The fourth-order valence-electron chi connectivity index (χ4n) is 3.24. The number of benzene rings is 1. The molecule has 1 aliphatic carbocycles. The third-order valence-corrected chi connectivity index (χ3v) is 4.69. The predicted octanol–water partition coefficient (Wildman–Crippen LogP) is 4.99. The van der Waals surface area contributed by atoms with Gasteiger partial charge in [0.2, 0.25) is 0 Å². The van der Waals surface area contributed by atoms with Crippen molar-refractivity contribution in [1.29, 1.82) is 5.26 Å². The highest BCUT2D eigenvalue weighted by Gasteiger charge is 2.28. The Hall–Kier alpha value is -1.89. The highest BCUT2D eigenvalue weighted by atomic mass is 19.1. The molecule has 23 heavy (non-hydrogen) atoms. The second kappa shape index (κ2) is 8.67. The van der Waals surface area contributed by atoms with Crippen LogP contribution in [0.2, 0.25) is 0 Å². The first-order valence-corrected chi connectivity index (χ1v) is 8.56. The van der Waals surface area contributed by atoms with Crippen LogP contribution >= 0.6 is 0 Å². The maximum Gasteiger partial charge on any atom is 0.314 e. The molecule has 0 unspecified atom stereocenters. The molecular formula is C19H24FNO2. The standard InChI is InChI=1S/C19H24FNO2/c1-2-3-4-6-14-9-11-15(12-10-14)19(22)23-17-8-5-7-16(13-21)18(17)20/h5,7-8,14-15H,2-4,6,9-12H2,1H3. The van der Waals surface area contributed by atoms with Gasteiger partial charge in [0.15, 0.2) is 11.6 Å². The summed E-state index contributed by atoms with van der Waals surface area (Å²) in [5.74, 6) is -0.700. The highest BCUT2D eigenvalue weighted by molar-refractivity contribution is 5.75. The van der Waals surface area contributed by atoms with Crippen LogP contribution < -0.4 is 4.74 Å². The second-order valence-corrected chi connectivity index (χ2v) is 6.36. The van der Waals surface area contributed by atoms with Crippen LogP contribution in [0.25, 0.3) is 0 Å². The van der Waals surface area contributed by atoms with Crippen LogP contribution in [-0.4, -0.2) is 5.97 Å². The summed E-state index contributed by atoms with van der Waals surface area (Å²) in [5, 5.41) is 8.81. The van der Waals surface area contributed by atoms with E-state index >= 15 is 0 Å². The molecule has 0 spiro atoms. The zero-order valence-corrected chi connectivity index (χ0v) is 13.7. The van der Waals surface area contributed by atoms with Gasteiger partial charge in [0.1, 0.15) is 6.07 Å². The zero-order valence-electron chi connectivity index (χ0n) is 13.7. The number of carbonyl (C=O) groups is 1. The molecule has 124 valence electrons. The van der Waals surface area contributed by atoms with Crippen LogP contribution in [0.4, 0.5) is 4.39 Å². The average molecular weight is 317 g/mol. The van der Waals surface area contributed by atoms with Gasteiger partial charge >= 0.3 is 5.97 Å². The van der Waals surface area contributed by atoms with Crippen LogP contribution in [0, 0.1) is 29.0 Å². The summed E-state index contributed by atoms with van der Waals surface area (Å²) in [6.07, 6.45) is 8.74. The fourth-order valence-corrected chi connectivity index (χ4v) is 3.24. The van der Waals surface area contributed by atoms with Crippen molar-refractivity contribution in [3.8, 4) is 11.8 Å². The summed E-state index contributed by atoms with van der Waals surface area (Å²) < 4.78 is 19.1. The Bertz CT molecular complexity index is 571. The lowest BCUT2D eigenvalue weighted by Crippen LogP contribution is -2.26. The Morgan fingerprint density at radius 2 is 2.04 bits per heavy atom. The molecule has 3 nitrogen and oxygen atoms in total. The first-order valence-electron chi connectivity index (χ1n) is 8.56. The largest absolute Gasteiger partial charge is 0.423 e. The Morgan fingerprint density at radius 1 is 1.30 bits per heavy atom. The van der Waals surface area contributed by atoms with Crippen LogP contribution in [-0.2, 0) is 4.79 Å². The van der Waals surface area contributed by atoms with Gasteiger partial charge in [-0.3, -0.25) is 4.79 Å². The third-order valence-electron chi connectivity index (χ3n) is 4.69. The Morgan fingerprint density at radius 3 is 2.70 bits per heavy atom. The number of ether oxygens (including phenoxy) is 1. The number of hydrogen-bond acceptors (Lipinski definition) is 3. The molecule has 0 amide bonds. The lowest BCUT2D eigenvalue weighted by Gasteiger charge is -2.27. The van der Waals surface area contributed by atoms with Crippen molar-refractivity contribution < 1.29 is 13.9 Å². The van der Waals surface area contributed by atoms with E-state index in [1.54, 1.807) is 6.07 Å². The van der Waals surface area contributed by atoms with E-state index in [-0.39, 0.29) is 23.2 Å². The van der Waals surface area contributed by atoms with Gasteiger partial charge in [-0.05, 0) is 43.7 Å². The van der Waals surface area contributed by atoms with Gasteiger partial charge in [-0.25, -0.2) is 4.39 Å². The molecule has 0 aliphatic heterocycles. The van der Waals surface area contributed by atoms with Crippen molar-refractivity contribution >= 4 is 5.97 Å². The van der Waals surface area contributed by atoms with Crippen molar-refractivity contribution in [2.24, 2.45) is 11.8 Å². The van der Waals surface area contributed by atoms with Gasteiger partial charge in [-0.1, -0.05) is 38.7 Å². The van der Waals surface area contributed by atoms with Gasteiger partial charge in [-0.15, -0.1) is 0 Å². The highest BCUT2D eigenvalue weighted by Crippen LogP contribution is 2.33. The number of hydrogen-bond donors (Lipinski definition) is 0. The number of halogens is 1. The van der Waals surface area contributed by atoms with E-state index in [9.17, 15) is 9.18 Å². The molecule has 1 saturated carbocycles. The van der Waals surface area contributed by atoms with E-state index in [1.165, 1.54) is 43.9 Å². The number of esters is 1. The molecule has 1 aromatic carbocycles. The van der Waals surface area contributed by atoms with Crippen LogP contribution in [0.5, 0.6) is 5.75 Å². The van der Waals surface area contributed by atoms with Crippen molar-refractivity contribution in [3.05, 3.63) is 29.6 Å². The zero-order chi connectivity index (χ0) is 16.7. The summed E-state index contributed by atoms with van der Waals surface area (Å²) in [6.45, 7) is 2.20. The molecule has 0 aromatic heterocycles. The van der Waals surface area contributed by atoms with Crippen molar-refractivity contribution in [2.45, 2.75) is 58.3 Å². The molecule has 4 heteroatoms. The Kier molecular flexibility index (Phi) is 6.58. The number of nitrogens with zero attached hydrogens (tertiary/aromatic N) is 1. The molecule has 1 aliphatic rings. The first kappa shape index (κ1) is 17.5. The summed E-state index contributed by atoms with van der Waals surface area (Å²) >= 11 is 0. The van der Waals surface area contributed by atoms with Gasteiger partial charge in [0.05, 0.1) is 11.5 Å². The maximum atomic E-state index is 13.9. The Labute approximate surface area is 137 Å². The number of carbonyl (C=O) groups excluding carboxylic acids is 1. The van der Waals surface area contributed by atoms with E-state index in [0.717, 1.165) is 25.7 Å².